The fourth-order valence-electron chi connectivity index (χ4n) is 1.39. The fraction of sp³-hybridized carbons (Fsp3) is 0.500. The standard InChI is InChI=1S/C12H19N3O/c1-3-13-7-8-15-12(16)10(2)11-5-4-6-14-9-11/h4-6,9-10,13H,3,7-8H2,1-2H3,(H,15,16). The van der Waals surface area contributed by atoms with Crippen LogP contribution in [0.4, 0.5) is 0 Å². The van der Waals surface area contributed by atoms with E-state index in [-0.39, 0.29) is 11.8 Å². The Morgan fingerprint density at radius 1 is 1.50 bits per heavy atom. The third-order valence-electron chi connectivity index (χ3n) is 2.43. The minimum absolute atomic E-state index is 0.0471. The zero-order valence-corrected chi connectivity index (χ0v) is 9.86. The Hall–Kier alpha value is -1.42. The van der Waals surface area contributed by atoms with E-state index in [1.54, 1.807) is 12.4 Å². The van der Waals surface area contributed by atoms with Crippen molar-refractivity contribution in [2.45, 2.75) is 19.8 Å². The molecule has 0 saturated heterocycles. The van der Waals surface area contributed by atoms with E-state index < -0.39 is 0 Å². The van der Waals surface area contributed by atoms with Crippen LogP contribution in [0.15, 0.2) is 24.5 Å². The molecule has 0 bridgehead atoms. The minimum Gasteiger partial charge on any atom is -0.354 e. The predicted molar refractivity (Wildman–Crippen MR) is 64.2 cm³/mol. The van der Waals surface area contributed by atoms with E-state index >= 15 is 0 Å². The van der Waals surface area contributed by atoms with Crippen molar-refractivity contribution >= 4 is 5.91 Å². The van der Waals surface area contributed by atoms with Gasteiger partial charge in [0.25, 0.3) is 0 Å². The summed E-state index contributed by atoms with van der Waals surface area (Å²) in [5, 5.41) is 6.04. The molecule has 1 unspecified atom stereocenters. The maximum atomic E-state index is 11.7. The number of carbonyl (C=O) groups excluding carboxylic acids is 1. The van der Waals surface area contributed by atoms with E-state index in [1.165, 1.54) is 0 Å². The molecule has 0 aliphatic heterocycles. The molecule has 2 N–H and O–H groups in total. The van der Waals surface area contributed by atoms with Gasteiger partial charge in [-0.15, -0.1) is 0 Å². The van der Waals surface area contributed by atoms with Gasteiger partial charge >= 0.3 is 0 Å². The van der Waals surface area contributed by atoms with Crippen molar-refractivity contribution in [2.75, 3.05) is 19.6 Å². The molecule has 1 aromatic rings. The highest BCUT2D eigenvalue weighted by Crippen LogP contribution is 2.12. The number of amides is 1. The molecular formula is C12H19N3O. The molecule has 0 aliphatic rings. The number of likely N-dealkylation sites (N-methyl/N-ethyl adjacent to an activating group) is 1. The fourth-order valence-corrected chi connectivity index (χ4v) is 1.39. The molecule has 0 spiro atoms. The van der Waals surface area contributed by atoms with Crippen LogP contribution in [0.2, 0.25) is 0 Å². The SMILES string of the molecule is CCNCCNC(=O)C(C)c1cccnc1. The summed E-state index contributed by atoms with van der Waals surface area (Å²) in [6.07, 6.45) is 3.44. The van der Waals surface area contributed by atoms with Crippen LogP contribution in [0, 0.1) is 0 Å². The smallest absolute Gasteiger partial charge is 0.227 e. The summed E-state index contributed by atoms with van der Waals surface area (Å²) in [4.78, 5) is 15.7. The van der Waals surface area contributed by atoms with Gasteiger partial charge in [0, 0.05) is 25.5 Å². The second-order valence-corrected chi connectivity index (χ2v) is 3.65. The largest absolute Gasteiger partial charge is 0.354 e. The number of pyridine rings is 1. The number of hydrogen-bond acceptors (Lipinski definition) is 3. The zero-order valence-electron chi connectivity index (χ0n) is 9.86. The quantitative estimate of drug-likeness (QED) is 0.702. The van der Waals surface area contributed by atoms with Crippen LogP contribution in [0.3, 0.4) is 0 Å². The molecule has 1 aromatic heterocycles. The van der Waals surface area contributed by atoms with Crippen LogP contribution in [0.1, 0.15) is 25.3 Å². The van der Waals surface area contributed by atoms with Crippen molar-refractivity contribution in [3.05, 3.63) is 30.1 Å². The maximum absolute atomic E-state index is 11.7. The average molecular weight is 221 g/mol. The summed E-state index contributed by atoms with van der Waals surface area (Å²) in [6.45, 7) is 6.33. The molecule has 0 radical (unpaired) electrons. The number of aromatic nitrogens is 1. The Kier molecular flexibility index (Phi) is 5.50. The second-order valence-electron chi connectivity index (χ2n) is 3.65. The highest BCUT2D eigenvalue weighted by Gasteiger charge is 2.13. The lowest BCUT2D eigenvalue weighted by Gasteiger charge is -2.12. The predicted octanol–water partition coefficient (Wildman–Crippen LogP) is 0.911. The van der Waals surface area contributed by atoms with Gasteiger partial charge in [0.15, 0.2) is 0 Å². The molecule has 16 heavy (non-hydrogen) atoms. The van der Waals surface area contributed by atoms with Crippen molar-refractivity contribution in [1.29, 1.82) is 0 Å². The zero-order chi connectivity index (χ0) is 11.8. The molecule has 1 amide bonds. The number of carbonyl (C=O) groups is 1. The Balaban J connectivity index is 2.37. The van der Waals surface area contributed by atoms with E-state index in [2.05, 4.69) is 15.6 Å². The minimum atomic E-state index is -0.143. The van der Waals surface area contributed by atoms with Crippen LogP contribution in [0.5, 0.6) is 0 Å². The molecule has 1 heterocycles. The first kappa shape index (κ1) is 12.6. The molecule has 4 nitrogen and oxygen atoms in total. The summed E-state index contributed by atoms with van der Waals surface area (Å²) in [7, 11) is 0. The molecular weight excluding hydrogens is 202 g/mol. The number of nitrogens with zero attached hydrogens (tertiary/aromatic N) is 1. The molecule has 0 saturated carbocycles. The number of nitrogens with one attached hydrogen (secondary N) is 2. The van der Waals surface area contributed by atoms with E-state index in [4.69, 9.17) is 0 Å². The molecule has 1 rings (SSSR count). The topological polar surface area (TPSA) is 54.0 Å². The lowest BCUT2D eigenvalue weighted by molar-refractivity contribution is -0.122. The second kappa shape index (κ2) is 6.95. The van der Waals surface area contributed by atoms with Gasteiger partial charge in [-0.05, 0) is 25.1 Å². The Labute approximate surface area is 96.5 Å². The van der Waals surface area contributed by atoms with Crippen molar-refractivity contribution < 1.29 is 4.79 Å². The first-order chi connectivity index (χ1) is 7.75. The van der Waals surface area contributed by atoms with Crippen molar-refractivity contribution in [3.63, 3.8) is 0 Å². The summed E-state index contributed by atoms with van der Waals surface area (Å²) in [6, 6.07) is 3.76. The Bertz CT molecular complexity index is 313. The van der Waals surface area contributed by atoms with Gasteiger partial charge in [0.2, 0.25) is 5.91 Å². The van der Waals surface area contributed by atoms with Crippen LogP contribution in [-0.4, -0.2) is 30.5 Å². The molecule has 0 fully saturated rings. The molecule has 4 heteroatoms. The summed E-state index contributed by atoms with van der Waals surface area (Å²) >= 11 is 0. The van der Waals surface area contributed by atoms with Crippen LogP contribution in [-0.2, 0) is 4.79 Å². The Morgan fingerprint density at radius 3 is 2.94 bits per heavy atom. The first-order valence-electron chi connectivity index (χ1n) is 5.64. The van der Waals surface area contributed by atoms with E-state index in [0.29, 0.717) is 6.54 Å². The maximum Gasteiger partial charge on any atom is 0.227 e. The van der Waals surface area contributed by atoms with Gasteiger partial charge in [-0.1, -0.05) is 13.0 Å². The van der Waals surface area contributed by atoms with Gasteiger partial charge in [-0.2, -0.15) is 0 Å². The molecule has 0 aromatic carbocycles. The van der Waals surface area contributed by atoms with Gasteiger partial charge in [0.1, 0.15) is 0 Å². The van der Waals surface area contributed by atoms with Gasteiger partial charge < -0.3 is 10.6 Å². The first-order valence-corrected chi connectivity index (χ1v) is 5.64. The summed E-state index contributed by atoms with van der Waals surface area (Å²) in [5.74, 6) is -0.0961. The van der Waals surface area contributed by atoms with E-state index in [1.807, 2.05) is 26.0 Å². The number of hydrogen-bond donors (Lipinski definition) is 2. The van der Waals surface area contributed by atoms with E-state index in [0.717, 1.165) is 18.7 Å². The van der Waals surface area contributed by atoms with Crippen LogP contribution in [0.25, 0.3) is 0 Å². The van der Waals surface area contributed by atoms with Crippen molar-refractivity contribution in [3.8, 4) is 0 Å². The summed E-state index contributed by atoms with van der Waals surface area (Å²) < 4.78 is 0. The number of rotatable bonds is 6. The van der Waals surface area contributed by atoms with Crippen LogP contribution < -0.4 is 10.6 Å². The highest BCUT2D eigenvalue weighted by atomic mass is 16.1. The normalized spacial score (nSPS) is 12.1. The monoisotopic (exact) mass is 221 g/mol. The summed E-state index contributed by atoms with van der Waals surface area (Å²) in [5.41, 5.74) is 0.948. The lowest BCUT2D eigenvalue weighted by atomic mass is 10.0. The Morgan fingerprint density at radius 2 is 2.31 bits per heavy atom. The average Bonchev–Trinajstić information content (AvgIpc) is 2.34. The third-order valence-corrected chi connectivity index (χ3v) is 2.43. The molecule has 1 atom stereocenters. The lowest BCUT2D eigenvalue weighted by Crippen LogP contribution is -2.34. The highest BCUT2D eigenvalue weighted by molar-refractivity contribution is 5.83. The van der Waals surface area contributed by atoms with Crippen LogP contribution >= 0.6 is 0 Å². The van der Waals surface area contributed by atoms with Crippen molar-refractivity contribution in [2.24, 2.45) is 0 Å². The third kappa shape index (κ3) is 3.98. The molecule has 0 aliphatic carbocycles. The van der Waals surface area contributed by atoms with Crippen molar-refractivity contribution in [1.82, 2.24) is 15.6 Å². The van der Waals surface area contributed by atoms with Gasteiger partial charge in [0.05, 0.1) is 5.92 Å². The van der Waals surface area contributed by atoms with Gasteiger partial charge in [-0.3, -0.25) is 9.78 Å². The molecule has 88 valence electrons. The van der Waals surface area contributed by atoms with Gasteiger partial charge in [-0.25, -0.2) is 0 Å². The van der Waals surface area contributed by atoms with E-state index in [9.17, 15) is 4.79 Å².